The summed E-state index contributed by atoms with van der Waals surface area (Å²) in [5, 5.41) is 7.91. The van der Waals surface area contributed by atoms with Gasteiger partial charge >= 0.3 is 0 Å². The van der Waals surface area contributed by atoms with Gasteiger partial charge in [0.2, 0.25) is 0 Å². The molecule has 7 heteroatoms. The van der Waals surface area contributed by atoms with Gasteiger partial charge in [-0.2, -0.15) is 5.10 Å². The summed E-state index contributed by atoms with van der Waals surface area (Å²) in [6.07, 6.45) is 9.36. The van der Waals surface area contributed by atoms with Gasteiger partial charge in [-0.3, -0.25) is 9.67 Å². The highest BCUT2D eigenvalue weighted by Gasteiger charge is 2.59. The number of aromatic nitrogens is 2. The standard InChI is InChI=1S/C17H29N5O.HI/c1-5-23-15-9-14(17(15)7-6-8-17)20-16(18-2)21(3)11-13-10-19-22(4)12-13;/h10,12,14-15H,5-9,11H2,1-4H3,(H,18,20);1H. The van der Waals surface area contributed by atoms with Crippen molar-refractivity contribution >= 4 is 29.9 Å². The van der Waals surface area contributed by atoms with Gasteiger partial charge in [-0.15, -0.1) is 24.0 Å². The van der Waals surface area contributed by atoms with Crippen LogP contribution in [0.3, 0.4) is 0 Å². The van der Waals surface area contributed by atoms with Gasteiger partial charge in [0.1, 0.15) is 0 Å². The van der Waals surface area contributed by atoms with E-state index in [2.05, 4.69) is 34.3 Å². The zero-order valence-electron chi connectivity index (χ0n) is 15.2. The molecule has 1 spiro atoms. The van der Waals surface area contributed by atoms with Gasteiger partial charge in [0.05, 0.1) is 12.3 Å². The quantitative estimate of drug-likeness (QED) is 0.428. The highest BCUT2D eigenvalue weighted by molar-refractivity contribution is 14.0. The maximum absolute atomic E-state index is 5.94. The molecule has 0 aromatic carbocycles. The fraction of sp³-hybridized carbons (Fsp3) is 0.765. The summed E-state index contributed by atoms with van der Waals surface area (Å²) in [5.41, 5.74) is 1.54. The fourth-order valence-corrected chi connectivity index (χ4v) is 4.04. The summed E-state index contributed by atoms with van der Waals surface area (Å²) in [5.74, 6) is 0.958. The van der Waals surface area contributed by atoms with Gasteiger partial charge < -0.3 is 15.0 Å². The monoisotopic (exact) mass is 447 g/mol. The third-order valence-corrected chi connectivity index (χ3v) is 5.49. The predicted molar refractivity (Wildman–Crippen MR) is 107 cm³/mol. The molecular formula is C17H30IN5O. The van der Waals surface area contributed by atoms with Crippen LogP contribution in [0.25, 0.3) is 0 Å². The summed E-state index contributed by atoms with van der Waals surface area (Å²) in [7, 11) is 5.88. The zero-order chi connectivity index (χ0) is 16.4. The summed E-state index contributed by atoms with van der Waals surface area (Å²) in [4.78, 5) is 6.64. The van der Waals surface area contributed by atoms with Gasteiger partial charge in [-0.25, -0.2) is 0 Å². The first-order chi connectivity index (χ1) is 11.1. The van der Waals surface area contributed by atoms with Crippen LogP contribution in [-0.4, -0.2) is 53.5 Å². The van der Waals surface area contributed by atoms with Crippen LogP contribution in [0.2, 0.25) is 0 Å². The number of nitrogens with one attached hydrogen (secondary N) is 1. The molecule has 0 saturated heterocycles. The fourth-order valence-electron chi connectivity index (χ4n) is 4.04. The van der Waals surface area contributed by atoms with E-state index in [9.17, 15) is 0 Å². The van der Waals surface area contributed by atoms with Gasteiger partial charge in [0, 0.05) is 57.5 Å². The Hall–Kier alpha value is -0.830. The van der Waals surface area contributed by atoms with E-state index in [1.807, 2.05) is 31.2 Å². The van der Waals surface area contributed by atoms with E-state index >= 15 is 0 Å². The molecule has 2 atom stereocenters. The van der Waals surface area contributed by atoms with Crippen molar-refractivity contribution in [1.82, 2.24) is 20.0 Å². The molecular weight excluding hydrogens is 417 g/mol. The van der Waals surface area contributed by atoms with Crippen molar-refractivity contribution in [2.45, 2.75) is 51.3 Å². The van der Waals surface area contributed by atoms with Crippen molar-refractivity contribution in [3.8, 4) is 0 Å². The Balaban J connectivity index is 0.00000208. The molecule has 0 amide bonds. The zero-order valence-corrected chi connectivity index (χ0v) is 17.5. The number of rotatable bonds is 5. The van der Waals surface area contributed by atoms with Crippen molar-refractivity contribution < 1.29 is 4.74 Å². The lowest BCUT2D eigenvalue weighted by Gasteiger charge is -2.61. The van der Waals surface area contributed by atoms with Crippen molar-refractivity contribution in [3.05, 3.63) is 18.0 Å². The molecule has 6 nitrogen and oxygen atoms in total. The lowest BCUT2D eigenvalue weighted by molar-refractivity contribution is -0.168. The number of aliphatic imine (C=N–C) groups is 1. The Bertz CT molecular complexity index is 569. The molecule has 2 aliphatic rings. The molecule has 1 aromatic rings. The molecule has 136 valence electrons. The molecule has 1 aromatic heterocycles. The van der Waals surface area contributed by atoms with E-state index in [1.54, 1.807) is 0 Å². The Morgan fingerprint density at radius 2 is 2.29 bits per heavy atom. The number of hydrogen-bond donors (Lipinski definition) is 1. The molecule has 0 radical (unpaired) electrons. The lowest BCUT2D eigenvalue weighted by atomic mass is 9.51. The summed E-state index contributed by atoms with van der Waals surface area (Å²) < 4.78 is 7.77. The maximum atomic E-state index is 5.94. The smallest absolute Gasteiger partial charge is 0.193 e. The second-order valence-electron chi connectivity index (χ2n) is 6.89. The van der Waals surface area contributed by atoms with E-state index in [1.165, 1.54) is 24.8 Å². The molecule has 3 rings (SSSR count). The first kappa shape index (κ1) is 19.5. The summed E-state index contributed by atoms with van der Waals surface area (Å²) in [6.45, 7) is 3.71. The van der Waals surface area contributed by atoms with E-state index < -0.39 is 0 Å². The topological polar surface area (TPSA) is 54.7 Å². The summed E-state index contributed by atoms with van der Waals surface area (Å²) in [6, 6.07) is 0.489. The second kappa shape index (κ2) is 8.03. The molecule has 1 N–H and O–H groups in total. The van der Waals surface area contributed by atoms with E-state index in [0.29, 0.717) is 17.6 Å². The Morgan fingerprint density at radius 3 is 2.79 bits per heavy atom. The molecule has 2 unspecified atom stereocenters. The molecule has 0 aliphatic heterocycles. The van der Waals surface area contributed by atoms with E-state index in [0.717, 1.165) is 25.5 Å². The van der Waals surface area contributed by atoms with Crippen molar-refractivity contribution in [2.24, 2.45) is 17.5 Å². The second-order valence-corrected chi connectivity index (χ2v) is 6.89. The van der Waals surface area contributed by atoms with Crippen molar-refractivity contribution in [2.75, 3.05) is 20.7 Å². The third kappa shape index (κ3) is 3.56. The third-order valence-electron chi connectivity index (χ3n) is 5.49. The van der Waals surface area contributed by atoms with Crippen molar-refractivity contribution in [3.63, 3.8) is 0 Å². The molecule has 2 aliphatic carbocycles. The molecule has 2 fully saturated rings. The van der Waals surface area contributed by atoms with Crippen LogP contribution in [0, 0.1) is 5.41 Å². The van der Waals surface area contributed by atoms with Crippen LogP contribution < -0.4 is 5.32 Å². The largest absolute Gasteiger partial charge is 0.378 e. The number of halogens is 1. The number of guanidine groups is 1. The average Bonchev–Trinajstić information content (AvgIpc) is 2.85. The SMILES string of the molecule is CCOC1CC(NC(=NC)N(C)Cc2cnn(C)c2)C12CCC2.I. The Labute approximate surface area is 162 Å². The lowest BCUT2D eigenvalue weighted by Crippen LogP contribution is -2.68. The number of aryl methyl sites for hydroxylation is 1. The van der Waals surface area contributed by atoms with Crippen LogP contribution in [0.4, 0.5) is 0 Å². The molecule has 24 heavy (non-hydrogen) atoms. The minimum absolute atomic E-state index is 0. The van der Waals surface area contributed by atoms with Crippen molar-refractivity contribution in [1.29, 1.82) is 0 Å². The van der Waals surface area contributed by atoms with E-state index in [4.69, 9.17) is 4.74 Å². The minimum Gasteiger partial charge on any atom is -0.378 e. The molecule has 2 saturated carbocycles. The Morgan fingerprint density at radius 1 is 1.54 bits per heavy atom. The number of nitrogens with zero attached hydrogens (tertiary/aromatic N) is 4. The highest BCUT2D eigenvalue weighted by Crippen LogP contribution is 2.57. The first-order valence-corrected chi connectivity index (χ1v) is 8.62. The average molecular weight is 447 g/mol. The number of ether oxygens (including phenoxy) is 1. The van der Waals surface area contributed by atoms with E-state index in [-0.39, 0.29) is 24.0 Å². The maximum Gasteiger partial charge on any atom is 0.193 e. The van der Waals surface area contributed by atoms with Crippen LogP contribution in [0.1, 0.15) is 38.2 Å². The predicted octanol–water partition coefficient (Wildman–Crippen LogP) is 2.39. The normalized spacial score (nSPS) is 24.8. The summed E-state index contributed by atoms with van der Waals surface area (Å²) >= 11 is 0. The Kier molecular flexibility index (Phi) is 6.52. The van der Waals surface area contributed by atoms with Gasteiger partial charge in [0.15, 0.2) is 5.96 Å². The van der Waals surface area contributed by atoms with Crippen LogP contribution in [-0.2, 0) is 18.3 Å². The highest BCUT2D eigenvalue weighted by atomic mass is 127. The van der Waals surface area contributed by atoms with Crippen LogP contribution >= 0.6 is 24.0 Å². The van der Waals surface area contributed by atoms with Gasteiger partial charge in [-0.1, -0.05) is 6.42 Å². The molecule has 1 heterocycles. The van der Waals surface area contributed by atoms with Gasteiger partial charge in [-0.05, 0) is 26.2 Å². The first-order valence-electron chi connectivity index (χ1n) is 8.62. The minimum atomic E-state index is 0. The van der Waals surface area contributed by atoms with Crippen LogP contribution in [0.5, 0.6) is 0 Å². The van der Waals surface area contributed by atoms with Gasteiger partial charge in [0.25, 0.3) is 0 Å². The van der Waals surface area contributed by atoms with Crippen LogP contribution in [0.15, 0.2) is 17.4 Å². The number of hydrogen-bond acceptors (Lipinski definition) is 3. The molecule has 0 bridgehead atoms.